The summed E-state index contributed by atoms with van der Waals surface area (Å²) in [6.45, 7) is 1.99. The van der Waals surface area contributed by atoms with Crippen molar-refractivity contribution in [2.24, 2.45) is 0 Å². The normalized spacial score (nSPS) is 8.55. The van der Waals surface area contributed by atoms with E-state index in [2.05, 4.69) is 16.8 Å². The molecule has 0 radical (unpaired) electrons. The van der Waals surface area contributed by atoms with Crippen molar-refractivity contribution in [1.29, 1.82) is 0 Å². The minimum absolute atomic E-state index is 0.357. The van der Waals surface area contributed by atoms with Crippen molar-refractivity contribution in [3.8, 4) is 11.8 Å². The number of aryl methyl sites for hydroxylation is 1. The first-order valence-corrected chi connectivity index (χ1v) is 3.84. The molecular formula is C9H8ClN. The molecule has 0 aliphatic heterocycles. The van der Waals surface area contributed by atoms with Crippen molar-refractivity contribution in [3.63, 3.8) is 0 Å². The average molecular weight is 166 g/mol. The van der Waals surface area contributed by atoms with E-state index in [1.54, 1.807) is 6.20 Å². The minimum Gasteiger partial charge on any atom is -0.248 e. The summed E-state index contributed by atoms with van der Waals surface area (Å²) in [6.07, 6.45) is 1.79. The van der Waals surface area contributed by atoms with Gasteiger partial charge in [0, 0.05) is 6.20 Å². The number of pyridine rings is 1. The van der Waals surface area contributed by atoms with Gasteiger partial charge >= 0.3 is 0 Å². The average Bonchev–Trinajstić information content (AvgIpc) is 2.04. The van der Waals surface area contributed by atoms with E-state index in [-0.39, 0.29) is 0 Å². The summed E-state index contributed by atoms with van der Waals surface area (Å²) in [6, 6.07) is 3.86. The van der Waals surface area contributed by atoms with Crippen LogP contribution >= 0.6 is 11.6 Å². The summed E-state index contributed by atoms with van der Waals surface area (Å²) >= 11 is 5.38. The topological polar surface area (TPSA) is 12.9 Å². The second-order valence-corrected chi connectivity index (χ2v) is 2.42. The van der Waals surface area contributed by atoms with Gasteiger partial charge in [0.15, 0.2) is 0 Å². The zero-order valence-corrected chi connectivity index (χ0v) is 7.02. The molecule has 2 heteroatoms. The van der Waals surface area contributed by atoms with Gasteiger partial charge in [-0.1, -0.05) is 12.0 Å². The van der Waals surface area contributed by atoms with Crippen molar-refractivity contribution in [3.05, 3.63) is 29.6 Å². The van der Waals surface area contributed by atoms with Crippen molar-refractivity contribution >= 4 is 11.6 Å². The number of nitrogens with zero attached hydrogens (tertiary/aromatic N) is 1. The molecule has 1 nitrogen and oxygen atoms in total. The molecule has 1 aromatic heterocycles. The summed E-state index contributed by atoms with van der Waals surface area (Å²) in [5.74, 6) is 5.92. The standard InChI is InChI=1S/C9H8ClN/c1-8-4-5-9(11-7-8)3-2-6-10/h4-5,7H,6H2,1H3. The van der Waals surface area contributed by atoms with Crippen LogP contribution < -0.4 is 0 Å². The lowest BCUT2D eigenvalue weighted by Crippen LogP contribution is -1.81. The maximum atomic E-state index is 5.38. The van der Waals surface area contributed by atoms with Gasteiger partial charge in [0.05, 0.1) is 5.88 Å². The largest absolute Gasteiger partial charge is 0.248 e. The molecule has 0 fully saturated rings. The summed E-state index contributed by atoms with van der Waals surface area (Å²) in [5.41, 5.74) is 1.91. The molecule has 56 valence electrons. The molecule has 0 aliphatic carbocycles. The Kier molecular flexibility index (Phi) is 2.95. The van der Waals surface area contributed by atoms with Crippen LogP contribution in [0.2, 0.25) is 0 Å². The number of hydrogen-bond acceptors (Lipinski definition) is 1. The second kappa shape index (κ2) is 4.00. The molecule has 1 aromatic rings. The molecule has 0 aliphatic rings. The molecule has 0 saturated carbocycles. The molecule has 1 heterocycles. The molecule has 1 rings (SSSR count). The first-order valence-electron chi connectivity index (χ1n) is 3.30. The Morgan fingerprint density at radius 3 is 2.91 bits per heavy atom. The van der Waals surface area contributed by atoms with Gasteiger partial charge in [0.2, 0.25) is 0 Å². The van der Waals surface area contributed by atoms with Crippen LogP contribution in [0.5, 0.6) is 0 Å². The summed E-state index contributed by atoms with van der Waals surface area (Å²) in [4.78, 5) is 4.08. The Morgan fingerprint density at radius 2 is 2.36 bits per heavy atom. The lowest BCUT2D eigenvalue weighted by atomic mass is 10.3. The number of hydrogen-bond donors (Lipinski definition) is 0. The van der Waals surface area contributed by atoms with E-state index in [1.807, 2.05) is 19.1 Å². The second-order valence-electron chi connectivity index (χ2n) is 2.16. The Hall–Kier alpha value is -1.000. The molecule has 0 amide bonds. The summed E-state index contributed by atoms with van der Waals surface area (Å²) < 4.78 is 0. The number of aromatic nitrogens is 1. The molecule has 0 unspecified atom stereocenters. The van der Waals surface area contributed by atoms with Crippen molar-refractivity contribution in [2.45, 2.75) is 6.92 Å². The third-order valence-electron chi connectivity index (χ3n) is 1.19. The van der Waals surface area contributed by atoms with Gasteiger partial charge in [-0.05, 0) is 24.5 Å². The summed E-state index contributed by atoms with van der Waals surface area (Å²) in [5, 5.41) is 0. The first-order chi connectivity index (χ1) is 5.33. The number of halogens is 1. The van der Waals surface area contributed by atoms with E-state index >= 15 is 0 Å². The maximum Gasteiger partial charge on any atom is 0.113 e. The number of alkyl halides is 1. The predicted octanol–water partition coefficient (Wildman–Crippen LogP) is 1.98. The number of rotatable bonds is 0. The highest BCUT2D eigenvalue weighted by Crippen LogP contribution is 1.95. The molecule has 0 bridgehead atoms. The lowest BCUT2D eigenvalue weighted by molar-refractivity contribution is 1.24. The van der Waals surface area contributed by atoms with Crippen LogP contribution in [0.3, 0.4) is 0 Å². The quantitative estimate of drug-likeness (QED) is 0.423. The lowest BCUT2D eigenvalue weighted by Gasteiger charge is -1.89. The van der Waals surface area contributed by atoms with E-state index in [9.17, 15) is 0 Å². The SMILES string of the molecule is Cc1ccc(C#CCCl)nc1. The zero-order chi connectivity index (χ0) is 8.10. The molecule has 0 N–H and O–H groups in total. The van der Waals surface area contributed by atoms with Crippen LogP contribution in [-0.2, 0) is 0 Å². The summed E-state index contributed by atoms with van der Waals surface area (Å²) in [7, 11) is 0. The monoisotopic (exact) mass is 165 g/mol. The molecular weight excluding hydrogens is 158 g/mol. The van der Waals surface area contributed by atoms with Gasteiger partial charge in [-0.3, -0.25) is 0 Å². The van der Waals surface area contributed by atoms with E-state index in [1.165, 1.54) is 0 Å². The Morgan fingerprint density at radius 1 is 1.55 bits per heavy atom. The molecule has 11 heavy (non-hydrogen) atoms. The highest BCUT2D eigenvalue weighted by molar-refractivity contribution is 6.19. The van der Waals surface area contributed by atoms with Crippen LogP contribution in [-0.4, -0.2) is 10.9 Å². The molecule has 0 spiro atoms. The van der Waals surface area contributed by atoms with Crippen LogP contribution in [0.25, 0.3) is 0 Å². The Bertz CT molecular complexity index is 279. The van der Waals surface area contributed by atoms with Crippen LogP contribution in [0.1, 0.15) is 11.3 Å². The van der Waals surface area contributed by atoms with Gasteiger partial charge in [-0.2, -0.15) is 0 Å². The fourth-order valence-electron chi connectivity index (χ4n) is 0.666. The third-order valence-corrected chi connectivity index (χ3v) is 1.33. The van der Waals surface area contributed by atoms with Crippen molar-refractivity contribution in [2.75, 3.05) is 5.88 Å². The van der Waals surface area contributed by atoms with E-state index in [0.29, 0.717) is 5.88 Å². The van der Waals surface area contributed by atoms with Gasteiger partial charge < -0.3 is 0 Å². The Labute approximate surface area is 71.4 Å². The van der Waals surface area contributed by atoms with Crippen LogP contribution in [0, 0.1) is 18.8 Å². The Balaban J connectivity index is 2.82. The maximum absolute atomic E-state index is 5.38. The van der Waals surface area contributed by atoms with E-state index < -0.39 is 0 Å². The fraction of sp³-hybridized carbons (Fsp3) is 0.222. The molecule has 0 saturated heterocycles. The zero-order valence-electron chi connectivity index (χ0n) is 6.26. The van der Waals surface area contributed by atoms with Gasteiger partial charge in [-0.25, -0.2) is 4.98 Å². The van der Waals surface area contributed by atoms with E-state index in [4.69, 9.17) is 11.6 Å². The third kappa shape index (κ3) is 2.61. The van der Waals surface area contributed by atoms with Crippen molar-refractivity contribution in [1.82, 2.24) is 4.98 Å². The molecule has 0 atom stereocenters. The van der Waals surface area contributed by atoms with Crippen LogP contribution in [0.15, 0.2) is 18.3 Å². The highest BCUT2D eigenvalue weighted by atomic mass is 35.5. The minimum atomic E-state index is 0.357. The highest BCUT2D eigenvalue weighted by Gasteiger charge is 1.85. The first kappa shape index (κ1) is 8.10. The van der Waals surface area contributed by atoms with Crippen molar-refractivity contribution < 1.29 is 0 Å². The van der Waals surface area contributed by atoms with E-state index in [0.717, 1.165) is 11.3 Å². The van der Waals surface area contributed by atoms with Gasteiger partial charge in [0.25, 0.3) is 0 Å². The van der Waals surface area contributed by atoms with Crippen LogP contribution in [0.4, 0.5) is 0 Å². The molecule has 0 aromatic carbocycles. The predicted molar refractivity (Wildman–Crippen MR) is 46.6 cm³/mol. The van der Waals surface area contributed by atoms with Gasteiger partial charge in [0.1, 0.15) is 5.69 Å². The van der Waals surface area contributed by atoms with Gasteiger partial charge in [-0.15, -0.1) is 11.6 Å². The fourth-order valence-corrected chi connectivity index (χ4v) is 0.733. The smallest absolute Gasteiger partial charge is 0.113 e.